The molecular weight excluding hydrogens is 482 g/mol. The van der Waals surface area contributed by atoms with Crippen LogP contribution >= 0.6 is 0 Å². The van der Waals surface area contributed by atoms with Crippen LogP contribution in [0, 0.1) is 0 Å². The van der Waals surface area contributed by atoms with Crippen molar-refractivity contribution < 1.29 is 1.41 Å². The minimum absolute atomic E-state index is 0.513. The Labute approximate surface area is 134 Å². The first-order valence-electron chi connectivity index (χ1n) is 6.34. The molecule has 0 aromatic rings. The minimum atomic E-state index is -3.70. The topological polar surface area (TPSA) is 107 Å². The van der Waals surface area contributed by atoms with Gasteiger partial charge in [0, 0.05) is 0 Å². The third-order valence-corrected chi connectivity index (χ3v) is 32.6. The van der Waals surface area contributed by atoms with Crippen molar-refractivity contribution in [1.29, 1.82) is 0 Å². The maximum atomic E-state index is 8.88. The molecule has 0 aromatic carbocycles. The molecule has 0 aromatic heterocycles. The van der Waals surface area contributed by atoms with Gasteiger partial charge in [-0.2, -0.15) is 0 Å². The van der Waals surface area contributed by atoms with Crippen molar-refractivity contribution in [2.75, 3.05) is 0 Å². The Balaban J connectivity index is 5.84. The summed E-state index contributed by atoms with van der Waals surface area (Å²) in [6.07, 6.45) is 6.79. The maximum absolute atomic E-state index is 8.88. The molecule has 0 saturated heterocycles. The van der Waals surface area contributed by atoms with Gasteiger partial charge in [-0.1, -0.05) is 0 Å². The zero-order valence-electron chi connectivity index (χ0n) is 12.1. The van der Waals surface area contributed by atoms with Crippen LogP contribution < -0.4 is 0 Å². The van der Waals surface area contributed by atoms with E-state index in [1.54, 1.807) is 24.3 Å². The summed E-state index contributed by atoms with van der Waals surface area (Å²) in [5, 5.41) is 0. The SMILES string of the molecule is C=C[CH2][Sn]([CH2]C=C)([N]=[N+]=[N-])[O][Sn]([CH2]C=C)([CH2]C=C)[N]=[N+]=[N-]. The molecule has 0 fully saturated rings. The Morgan fingerprint density at radius 2 is 1.05 bits per heavy atom. The van der Waals surface area contributed by atoms with Crippen LogP contribution in [0.3, 0.4) is 0 Å². The number of nitrogens with zero attached hydrogens (tertiary/aromatic N) is 6. The van der Waals surface area contributed by atoms with Gasteiger partial charge < -0.3 is 0 Å². The summed E-state index contributed by atoms with van der Waals surface area (Å²) in [5.41, 5.74) is 17.8. The standard InChI is InChI=1S/4C3H5.2N3.O.2Sn/c6*1-3-2;;;/h4*3H,1-2H2;;;;;/q;;;;2*-1;;2*+1. The van der Waals surface area contributed by atoms with Gasteiger partial charge in [0.1, 0.15) is 0 Å². The fourth-order valence-electron chi connectivity index (χ4n) is 1.96. The van der Waals surface area contributed by atoms with Crippen molar-refractivity contribution in [2.24, 2.45) is 6.67 Å². The fraction of sp³-hybridized carbons (Fsp3) is 0.333. The van der Waals surface area contributed by atoms with E-state index in [0.29, 0.717) is 17.7 Å². The first-order chi connectivity index (χ1) is 10.1. The zero-order chi connectivity index (χ0) is 16.2. The molecule has 7 nitrogen and oxygen atoms in total. The van der Waals surface area contributed by atoms with Crippen molar-refractivity contribution >= 4 is 38.1 Å². The molecule has 0 atom stereocenters. The number of hydrogen-bond donors (Lipinski definition) is 0. The number of rotatable bonds is 12. The van der Waals surface area contributed by atoms with Crippen molar-refractivity contribution in [3.8, 4) is 0 Å². The molecular formula is C12H20N6OSn2. The van der Waals surface area contributed by atoms with Gasteiger partial charge >= 0.3 is 135 Å². The molecule has 0 aliphatic rings. The van der Waals surface area contributed by atoms with Crippen molar-refractivity contribution in [3.05, 3.63) is 71.5 Å². The normalized spacial score (nSPS) is 10.7. The first kappa shape index (κ1) is 20.1. The zero-order valence-corrected chi connectivity index (χ0v) is 17.8. The average Bonchev–Trinajstić information content (AvgIpc) is 2.40. The van der Waals surface area contributed by atoms with Gasteiger partial charge in [0.25, 0.3) is 0 Å². The molecule has 21 heavy (non-hydrogen) atoms. The molecule has 0 heterocycles. The molecule has 9 heteroatoms. The van der Waals surface area contributed by atoms with Gasteiger partial charge in [0.05, 0.1) is 0 Å². The van der Waals surface area contributed by atoms with E-state index < -0.39 is 38.1 Å². The van der Waals surface area contributed by atoms with Gasteiger partial charge in [-0.05, 0) is 0 Å². The quantitative estimate of drug-likeness (QED) is 0.118. The van der Waals surface area contributed by atoms with E-state index in [2.05, 4.69) is 42.8 Å². The van der Waals surface area contributed by atoms with Crippen LogP contribution in [0.15, 0.2) is 57.3 Å². The van der Waals surface area contributed by atoms with Crippen LogP contribution in [0.1, 0.15) is 0 Å². The summed E-state index contributed by atoms with van der Waals surface area (Å²) in [6, 6.07) is 0. The van der Waals surface area contributed by atoms with Crippen molar-refractivity contribution in [2.45, 2.75) is 17.7 Å². The Bertz CT molecular complexity index is 430. The second-order valence-electron chi connectivity index (χ2n) is 4.34. The molecule has 0 radical (unpaired) electrons. The van der Waals surface area contributed by atoms with E-state index >= 15 is 0 Å². The Hall–Kier alpha value is -0.863. The third-order valence-electron chi connectivity index (χ3n) is 2.69. The van der Waals surface area contributed by atoms with Gasteiger partial charge in [0.15, 0.2) is 0 Å². The molecule has 0 amide bonds. The molecule has 0 unspecified atom stereocenters. The van der Waals surface area contributed by atoms with Crippen LogP contribution in [0.2, 0.25) is 17.7 Å². The van der Waals surface area contributed by atoms with Crippen LogP contribution in [0.4, 0.5) is 0 Å². The summed E-state index contributed by atoms with van der Waals surface area (Å²) in [4.78, 5) is 5.91. The Kier molecular flexibility index (Phi) is 10.4. The van der Waals surface area contributed by atoms with E-state index in [0.717, 1.165) is 0 Å². The molecule has 0 bridgehead atoms. The first-order valence-corrected chi connectivity index (χ1v) is 19.3. The van der Waals surface area contributed by atoms with E-state index in [9.17, 15) is 0 Å². The van der Waals surface area contributed by atoms with E-state index in [1.807, 2.05) is 0 Å². The molecule has 112 valence electrons. The summed E-state index contributed by atoms with van der Waals surface area (Å²) < 4.78 is 16.4. The Morgan fingerprint density at radius 1 is 0.762 bits per heavy atom. The summed E-state index contributed by atoms with van der Waals surface area (Å²) in [5.74, 6) is 0. The number of azide groups is 2. The van der Waals surface area contributed by atoms with Gasteiger partial charge in [-0.15, -0.1) is 0 Å². The number of allylic oxidation sites excluding steroid dienone is 4. The van der Waals surface area contributed by atoms with E-state index in [4.69, 9.17) is 12.5 Å². The van der Waals surface area contributed by atoms with E-state index in [-0.39, 0.29) is 0 Å². The predicted octanol–water partition coefficient (Wildman–Crippen LogP) is 5.25. The predicted molar refractivity (Wildman–Crippen MR) is 90.9 cm³/mol. The van der Waals surface area contributed by atoms with E-state index in [1.165, 1.54) is 0 Å². The van der Waals surface area contributed by atoms with Crippen LogP contribution in [-0.2, 0) is 1.41 Å². The second-order valence-corrected chi connectivity index (χ2v) is 25.4. The van der Waals surface area contributed by atoms with Gasteiger partial charge in [0.2, 0.25) is 0 Å². The number of hydrogen-bond acceptors (Lipinski definition) is 3. The molecule has 0 N–H and O–H groups in total. The summed E-state index contributed by atoms with van der Waals surface area (Å²) in [7, 11) is 0. The van der Waals surface area contributed by atoms with Crippen LogP contribution in [-0.4, -0.2) is 38.1 Å². The van der Waals surface area contributed by atoms with Crippen molar-refractivity contribution in [3.63, 3.8) is 0 Å². The molecule has 0 rings (SSSR count). The summed E-state index contributed by atoms with van der Waals surface area (Å²) >= 11 is -7.39. The van der Waals surface area contributed by atoms with Crippen molar-refractivity contribution in [1.82, 2.24) is 0 Å². The summed E-state index contributed by atoms with van der Waals surface area (Å²) in [6.45, 7) is 14.8. The monoisotopic (exact) mass is 504 g/mol. The molecule has 0 aliphatic heterocycles. The molecule has 0 aliphatic carbocycles. The fourth-order valence-corrected chi connectivity index (χ4v) is 34.6. The van der Waals surface area contributed by atoms with Gasteiger partial charge in [-0.25, -0.2) is 0 Å². The average molecular weight is 502 g/mol. The Morgan fingerprint density at radius 3 is 1.24 bits per heavy atom. The van der Waals surface area contributed by atoms with Crippen LogP contribution in [0.25, 0.3) is 20.9 Å². The van der Waals surface area contributed by atoms with Gasteiger partial charge in [-0.3, -0.25) is 0 Å². The van der Waals surface area contributed by atoms with Crippen LogP contribution in [0.5, 0.6) is 0 Å². The molecule has 0 spiro atoms. The third kappa shape index (κ3) is 6.62. The second kappa shape index (κ2) is 10.8. The molecule has 0 saturated carbocycles.